The van der Waals surface area contributed by atoms with Crippen molar-refractivity contribution in [2.45, 2.75) is 105 Å². The van der Waals surface area contributed by atoms with Crippen LogP contribution in [0.25, 0.3) is 155 Å². The molecule has 0 aliphatic carbocycles. The quantitative estimate of drug-likeness (QED) is 0.166. The van der Waals surface area contributed by atoms with Crippen molar-refractivity contribution in [2.24, 2.45) is 0 Å². The van der Waals surface area contributed by atoms with E-state index >= 15 is 0 Å². The average Bonchev–Trinajstić information content (AvgIpc) is 1.62. The fraction of sp³-hybridized carbons (Fsp3) is 0.182. The molecule has 8 bridgehead atoms. The molecule has 15 rings (SSSR count). The van der Waals surface area contributed by atoms with Gasteiger partial charge in [-0.25, -0.2) is 9.97 Å². The zero-order valence-corrected chi connectivity index (χ0v) is 57.5. The van der Waals surface area contributed by atoms with Crippen LogP contribution in [0, 0.1) is 0 Å². The summed E-state index contributed by atoms with van der Waals surface area (Å²) in [4.78, 5) is 23.6. The second kappa shape index (κ2) is 23.0. The Morgan fingerprint density at radius 2 is 0.495 bits per heavy atom. The standard InChI is InChI=1S/C88H76N4.Pt/c1-85(2,3)63-37-29-53(30-38-63)57-45-58(54-31-39-64(40-32-54)86(4,5)6)48-61(47-57)79-81-71-25-17-13-21-67(71)75(89-81)51-77-69-23-15-19-27-73(69)83(91-77)80(84-74-28-20-16-24-70(74)78(92-84)52-76-68-22-14-18-26-72(68)82(79)90-76)62-49-59(55-33-41-65(42-34-55)87(7,8)9)46-60(50-62)56-35-43-66(44-36-56)88(10,11)12;/h13-52H,1-12H3;/q-2;+2. The molecule has 0 amide bonds. The molecule has 5 heterocycles. The van der Waals surface area contributed by atoms with Gasteiger partial charge in [0.05, 0.1) is 22.8 Å². The zero-order chi connectivity index (χ0) is 63.6. The van der Waals surface area contributed by atoms with Gasteiger partial charge >= 0.3 is 21.1 Å². The summed E-state index contributed by atoms with van der Waals surface area (Å²) in [5.74, 6) is 0. The van der Waals surface area contributed by atoms with Crippen LogP contribution in [0.2, 0.25) is 0 Å². The van der Waals surface area contributed by atoms with Crippen molar-refractivity contribution in [2.75, 3.05) is 0 Å². The monoisotopic (exact) mass is 1380 g/mol. The second-order valence-electron chi connectivity index (χ2n) is 29.5. The summed E-state index contributed by atoms with van der Waals surface area (Å²) in [6.07, 6.45) is 0. The molecule has 0 atom stereocenters. The number of hydrogen-bond donors (Lipinski definition) is 0. The fourth-order valence-electron chi connectivity index (χ4n) is 13.7. The first-order chi connectivity index (χ1) is 44.1. The van der Waals surface area contributed by atoms with E-state index in [9.17, 15) is 0 Å². The first-order valence-electron chi connectivity index (χ1n) is 32.5. The molecule has 0 saturated carbocycles. The molecule has 0 radical (unpaired) electrons. The third-order valence-electron chi connectivity index (χ3n) is 19.0. The third kappa shape index (κ3) is 11.2. The summed E-state index contributed by atoms with van der Waals surface area (Å²) in [6, 6.07) is 90.1. The van der Waals surface area contributed by atoms with Crippen LogP contribution in [-0.4, -0.2) is 9.97 Å². The van der Waals surface area contributed by atoms with E-state index in [1.54, 1.807) is 0 Å². The minimum absolute atomic E-state index is 0. The van der Waals surface area contributed by atoms with E-state index in [0.29, 0.717) is 0 Å². The molecular weight excluding hydrogens is 1310 g/mol. The summed E-state index contributed by atoms with van der Waals surface area (Å²) in [5, 5.41) is 4.16. The van der Waals surface area contributed by atoms with Gasteiger partial charge in [-0.05, 0) is 181 Å². The summed E-state index contributed by atoms with van der Waals surface area (Å²) in [7, 11) is 0. The Morgan fingerprint density at radius 1 is 0.247 bits per heavy atom. The molecule has 93 heavy (non-hydrogen) atoms. The first-order valence-corrected chi connectivity index (χ1v) is 32.5. The van der Waals surface area contributed by atoms with E-state index < -0.39 is 0 Å². The minimum atomic E-state index is 0. The van der Waals surface area contributed by atoms with Gasteiger partial charge in [0.2, 0.25) is 0 Å². The summed E-state index contributed by atoms with van der Waals surface area (Å²) >= 11 is 0. The van der Waals surface area contributed by atoms with Gasteiger partial charge in [-0.2, -0.15) is 0 Å². The minimum Gasteiger partial charge on any atom is -0.656 e. The van der Waals surface area contributed by atoms with Crippen LogP contribution in [0.5, 0.6) is 0 Å². The molecule has 5 heteroatoms. The molecule has 3 aromatic heterocycles. The van der Waals surface area contributed by atoms with Crippen LogP contribution in [0.3, 0.4) is 0 Å². The number of nitrogens with zero attached hydrogens (tertiary/aromatic N) is 4. The van der Waals surface area contributed by atoms with Gasteiger partial charge in [0, 0.05) is 22.3 Å². The maximum Gasteiger partial charge on any atom is 2.00 e. The molecule has 0 N–H and O–H groups in total. The van der Waals surface area contributed by atoms with Crippen LogP contribution >= 0.6 is 0 Å². The molecule has 10 aromatic carbocycles. The van der Waals surface area contributed by atoms with Crippen LogP contribution in [0.15, 0.2) is 243 Å². The zero-order valence-electron chi connectivity index (χ0n) is 55.2. The third-order valence-corrected chi connectivity index (χ3v) is 19.0. The van der Waals surface area contributed by atoms with Crippen molar-refractivity contribution in [3.63, 3.8) is 0 Å². The van der Waals surface area contributed by atoms with Crippen molar-refractivity contribution in [1.29, 1.82) is 0 Å². The first kappa shape index (κ1) is 61.1. The van der Waals surface area contributed by atoms with Gasteiger partial charge in [-0.1, -0.05) is 277 Å². The van der Waals surface area contributed by atoms with Crippen molar-refractivity contribution in [3.05, 3.63) is 265 Å². The number of aromatic nitrogens is 4. The molecule has 13 aromatic rings. The smallest absolute Gasteiger partial charge is 0.656 e. The Bertz CT molecular complexity index is 4780. The van der Waals surface area contributed by atoms with Crippen molar-refractivity contribution < 1.29 is 21.1 Å². The second-order valence-corrected chi connectivity index (χ2v) is 29.5. The van der Waals surface area contributed by atoms with Crippen LogP contribution < -0.4 is 9.97 Å². The predicted molar refractivity (Wildman–Crippen MR) is 390 cm³/mol. The number of rotatable bonds is 6. The summed E-state index contributed by atoms with van der Waals surface area (Å²) < 4.78 is 0. The normalized spacial score (nSPS) is 12.4. The number of benzene rings is 10. The topological polar surface area (TPSA) is 54.0 Å². The summed E-state index contributed by atoms with van der Waals surface area (Å²) in [5.41, 5.74) is 29.2. The van der Waals surface area contributed by atoms with Gasteiger partial charge < -0.3 is 9.97 Å². The SMILES string of the molecule is CC(C)(C)c1ccc(-c2cc(-c3ccc(C(C)(C)C)cc3)cc(-c3c4nc(cc5[n-]c(c(-c6cc(-c7ccc(C(C)(C)C)cc7)cc(-c7ccc(C(C)(C)C)cc7)c6)c6nc(cc7[n-]c3c3ccccc73)-c3ccccc3-6)c3ccccc53)-c3ccccc3-4)c2)cc1.[Pt+2]. The van der Waals surface area contributed by atoms with Gasteiger partial charge in [0.15, 0.2) is 0 Å². The predicted octanol–water partition coefficient (Wildman–Crippen LogP) is 23.7. The van der Waals surface area contributed by atoms with Crippen LogP contribution in [-0.2, 0) is 42.7 Å². The molecule has 4 nitrogen and oxygen atoms in total. The van der Waals surface area contributed by atoms with Gasteiger partial charge in [0.25, 0.3) is 0 Å². The number of fused-ring (bicyclic) bond motifs is 20. The molecule has 0 saturated heterocycles. The number of hydrogen-bond acceptors (Lipinski definition) is 2. The maximum atomic E-state index is 5.90. The molecule has 2 aliphatic rings. The Morgan fingerprint density at radius 3 is 0.774 bits per heavy atom. The van der Waals surface area contributed by atoms with Gasteiger partial charge in [-0.3, -0.25) is 0 Å². The van der Waals surface area contributed by atoms with Gasteiger partial charge in [-0.15, -0.1) is 22.1 Å². The Kier molecular flexibility index (Phi) is 15.1. The van der Waals surface area contributed by atoms with Gasteiger partial charge in [0.1, 0.15) is 0 Å². The van der Waals surface area contributed by atoms with E-state index in [-0.39, 0.29) is 42.7 Å². The maximum absolute atomic E-state index is 5.90. The molecule has 0 fully saturated rings. The van der Waals surface area contributed by atoms with E-state index in [1.807, 2.05) is 0 Å². The molecule has 458 valence electrons. The Balaban J connectivity index is 0.00000749. The van der Waals surface area contributed by atoms with E-state index in [2.05, 4.69) is 326 Å². The van der Waals surface area contributed by atoms with E-state index in [0.717, 1.165) is 155 Å². The van der Waals surface area contributed by atoms with Crippen molar-refractivity contribution in [3.8, 4) is 112 Å². The van der Waals surface area contributed by atoms with Crippen LogP contribution in [0.4, 0.5) is 0 Å². The summed E-state index contributed by atoms with van der Waals surface area (Å²) in [6.45, 7) is 27.3. The van der Waals surface area contributed by atoms with Crippen molar-refractivity contribution >= 4 is 43.6 Å². The molecule has 0 spiro atoms. The Hall–Kier alpha value is -9.47. The largest absolute Gasteiger partial charge is 2.00 e. The van der Waals surface area contributed by atoms with E-state index in [4.69, 9.17) is 19.9 Å². The van der Waals surface area contributed by atoms with Crippen molar-refractivity contribution in [1.82, 2.24) is 19.9 Å². The fourth-order valence-corrected chi connectivity index (χ4v) is 13.7. The van der Waals surface area contributed by atoms with E-state index in [1.165, 1.54) is 22.3 Å². The van der Waals surface area contributed by atoms with Crippen LogP contribution in [0.1, 0.15) is 105 Å². The molecular formula is C88H76N4Pt. The average molecular weight is 1380 g/mol. The molecule has 0 unspecified atom stereocenters. The molecule has 2 aliphatic heterocycles. The Labute approximate surface area is 562 Å².